The molecule has 1 aromatic heterocycles. The molecule has 1 amide bonds. The molecule has 7 heteroatoms. The Bertz CT molecular complexity index is 1180. The Morgan fingerprint density at radius 3 is 2.71 bits per heavy atom. The SMILES string of the molecule is CC1CCCCN1CCNC(=O)c1ccc(Cn2c(=S)[nH]c3ccccc3c2=O)cc1. The van der Waals surface area contributed by atoms with Crippen LogP contribution in [0.4, 0.5) is 0 Å². The van der Waals surface area contributed by atoms with Crippen molar-refractivity contribution in [3.05, 3.63) is 74.8 Å². The number of rotatable bonds is 6. The molecule has 0 bridgehead atoms. The first-order valence-corrected chi connectivity index (χ1v) is 11.3. The number of hydrogen-bond acceptors (Lipinski definition) is 4. The van der Waals surface area contributed by atoms with Crippen LogP contribution in [0.25, 0.3) is 10.9 Å². The number of benzene rings is 2. The van der Waals surface area contributed by atoms with E-state index in [0.29, 0.717) is 34.9 Å². The first kappa shape index (κ1) is 21.5. The molecule has 1 unspecified atom stereocenters. The van der Waals surface area contributed by atoms with Gasteiger partial charge in [-0.1, -0.05) is 30.7 Å². The second kappa shape index (κ2) is 9.58. The minimum Gasteiger partial charge on any atom is -0.351 e. The Labute approximate surface area is 186 Å². The Balaban J connectivity index is 1.39. The Morgan fingerprint density at radius 2 is 1.94 bits per heavy atom. The maximum atomic E-state index is 12.8. The molecule has 1 aliphatic rings. The molecular weight excluding hydrogens is 408 g/mol. The van der Waals surface area contributed by atoms with Crippen molar-refractivity contribution >= 4 is 29.0 Å². The lowest BCUT2D eigenvalue weighted by Gasteiger charge is -2.33. The van der Waals surface area contributed by atoms with Crippen molar-refractivity contribution < 1.29 is 4.79 Å². The summed E-state index contributed by atoms with van der Waals surface area (Å²) >= 11 is 5.38. The summed E-state index contributed by atoms with van der Waals surface area (Å²) in [7, 11) is 0. The number of likely N-dealkylation sites (tertiary alicyclic amines) is 1. The van der Waals surface area contributed by atoms with Gasteiger partial charge in [-0.25, -0.2) is 0 Å². The van der Waals surface area contributed by atoms with Crippen LogP contribution in [0.3, 0.4) is 0 Å². The monoisotopic (exact) mass is 436 g/mol. The number of amides is 1. The van der Waals surface area contributed by atoms with E-state index in [2.05, 4.69) is 22.1 Å². The molecule has 1 fully saturated rings. The number of nitrogens with zero attached hydrogens (tertiary/aromatic N) is 2. The first-order valence-electron chi connectivity index (χ1n) is 10.9. The number of hydrogen-bond donors (Lipinski definition) is 2. The van der Waals surface area contributed by atoms with Gasteiger partial charge in [0.25, 0.3) is 11.5 Å². The van der Waals surface area contributed by atoms with Gasteiger partial charge in [-0.15, -0.1) is 0 Å². The van der Waals surface area contributed by atoms with Gasteiger partial charge in [0.2, 0.25) is 0 Å². The quantitative estimate of drug-likeness (QED) is 0.578. The van der Waals surface area contributed by atoms with Crippen LogP contribution in [-0.4, -0.2) is 46.0 Å². The molecule has 0 aliphatic carbocycles. The standard InChI is InChI=1S/C24H28N4O2S/c1-17-6-4-5-14-27(17)15-13-25-22(29)19-11-9-18(10-12-19)16-28-23(30)20-7-2-3-8-21(20)26-24(28)31/h2-3,7-12,17H,4-6,13-16H2,1H3,(H,25,29)(H,26,31). The molecule has 2 N–H and O–H groups in total. The summed E-state index contributed by atoms with van der Waals surface area (Å²) in [6.07, 6.45) is 3.77. The predicted molar refractivity (Wildman–Crippen MR) is 126 cm³/mol. The minimum atomic E-state index is -0.117. The van der Waals surface area contributed by atoms with E-state index in [1.165, 1.54) is 19.3 Å². The zero-order valence-corrected chi connectivity index (χ0v) is 18.6. The normalized spacial score (nSPS) is 17.0. The fourth-order valence-electron chi connectivity index (χ4n) is 4.19. The van der Waals surface area contributed by atoms with Crippen molar-refractivity contribution in [1.29, 1.82) is 0 Å². The molecule has 1 aliphatic heterocycles. The molecule has 0 saturated carbocycles. The number of aromatic nitrogens is 2. The lowest BCUT2D eigenvalue weighted by atomic mass is 10.0. The average molecular weight is 437 g/mol. The van der Waals surface area contributed by atoms with E-state index in [1.54, 1.807) is 22.8 Å². The highest BCUT2D eigenvalue weighted by atomic mass is 32.1. The van der Waals surface area contributed by atoms with Gasteiger partial charge < -0.3 is 10.3 Å². The molecule has 6 nitrogen and oxygen atoms in total. The summed E-state index contributed by atoms with van der Waals surface area (Å²) in [5, 5.41) is 3.62. The number of H-pyrrole nitrogens is 1. The summed E-state index contributed by atoms with van der Waals surface area (Å²) < 4.78 is 1.93. The molecule has 162 valence electrons. The van der Waals surface area contributed by atoms with Gasteiger partial charge in [0, 0.05) is 24.7 Å². The number of piperidine rings is 1. The van der Waals surface area contributed by atoms with Crippen molar-refractivity contribution in [2.24, 2.45) is 0 Å². The molecule has 0 radical (unpaired) electrons. The molecule has 1 saturated heterocycles. The van der Waals surface area contributed by atoms with Crippen LogP contribution in [0.2, 0.25) is 0 Å². The molecular formula is C24H28N4O2S. The van der Waals surface area contributed by atoms with Crippen molar-refractivity contribution in [2.75, 3.05) is 19.6 Å². The molecule has 1 atom stereocenters. The minimum absolute atomic E-state index is 0.0728. The zero-order chi connectivity index (χ0) is 21.8. The van der Waals surface area contributed by atoms with E-state index in [9.17, 15) is 9.59 Å². The van der Waals surface area contributed by atoms with E-state index >= 15 is 0 Å². The fourth-order valence-corrected chi connectivity index (χ4v) is 4.45. The smallest absolute Gasteiger partial charge is 0.262 e. The summed E-state index contributed by atoms with van der Waals surface area (Å²) in [6, 6.07) is 15.3. The number of para-hydroxylation sites is 1. The van der Waals surface area contributed by atoms with Crippen molar-refractivity contribution in [3.63, 3.8) is 0 Å². The highest BCUT2D eigenvalue weighted by molar-refractivity contribution is 7.71. The maximum absolute atomic E-state index is 12.8. The van der Waals surface area contributed by atoms with Crippen LogP contribution < -0.4 is 10.9 Å². The molecule has 0 spiro atoms. The highest BCUT2D eigenvalue weighted by Gasteiger charge is 2.17. The van der Waals surface area contributed by atoms with Crippen LogP contribution in [0, 0.1) is 4.77 Å². The first-order chi connectivity index (χ1) is 15.0. The second-order valence-electron chi connectivity index (χ2n) is 8.20. The van der Waals surface area contributed by atoms with Gasteiger partial charge >= 0.3 is 0 Å². The summed E-state index contributed by atoms with van der Waals surface area (Å²) in [5.41, 5.74) is 2.15. The number of aromatic amines is 1. The summed E-state index contributed by atoms with van der Waals surface area (Å²) in [5.74, 6) is -0.0728. The third-order valence-corrected chi connectivity index (χ3v) is 6.39. The van der Waals surface area contributed by atoms with E-state index in [1.807, 2.05) is 30.3 Å². The third kappa shape index (κ3) is 4.94. The number of carbonyl (C=O) groups excluding carboxylic acids is 1. The second-order valence-corrected chi connectivity index (χ2v) is 8.59. The van der Waals surface area contributed by atoms with E-state index in [-0.39, 0.29) is 11.5 Å². The van der Waals surface area contributed by atoms with E-state index in [0.717, 1.165) is 24.2 Å². The topological polar surface area (TPSA) is 70.1 Å². The van der Waals surface area contributed by atoms with Crippen molar-refractivity contribution in [1.82, 2.24) is 19.8 Å². The summed E-state index contributed by atoms with van der Waals surface area (Å²) in [4.78, 5) is 30.8. The lowest BCUT2D eigenvalue weighted by molar-refractivity contribution is 0.0938. The van der Waals surface area contributed by atoms with Gasteiger partial charge in [0.15, 0.2) is 4.77 Å². The molecule has 2 aromatic carbocycles. The number of fused-ring (bicyclic) bond motifs is 1. The largest absolute Gasteiger partial charge is 0.351 e. The van der Waals surface area contributed by atoms with Gasteiger partial charge in [-0.2, -0.15) is 0 Å². The molecule has 3 aromatic rings. The van der Waals surface area contributed by atoms with Crippen molar-refractivity contribution in [2.45, 2.75) is 38.8 Å². The molecule has 4 rings (SSSR count). The number of nitrogens with one attached hydrogen (secondary N) is 2. The Morgan fingerprint density at radius 1 is 1.16 bits per heavy atom. The van der Waals surface area contributed by atoms with Gasteiger partial charge in [0.05, 0.1) is 17.4 Å². The molecule has 2 heterocycles. The van der Waals surface area contributed by atoms with Crippen molar-refractivity contribution in [3.8, 4) is 0 Å². The average Bonchev–Trinajstić information content (AvgIpc) is 2.78. The third-order valence-electron chi connectivity index (χ3n) is 6.07. The van der Waals surface area contributed by atoms with Crippen LogP contribution in [0.5, 0.6) is 0 Å². The van der Waals surface area contributed by atoms with Gasteiger partial charge in [-0.05, 0) is 68.4 Å². The summed E-state index contributed by atoms with van der Waals surface area (Å²) in [6.45, 7) is 5.25. The van der Waals surface area contributed by atoms with Crippen LogP contribution in [0.15, 0.2) is 53.3 Å². The Kier molecular flexibility index (Phi) is 6.63. The van der Waals surface area contributed by atoms with Crippen LogP contribution in [0.1, 0.15) is 42.1 Å². The Hall–Kier alpha value is -2.77. The zero-order valence-electron chi connectivity index (χ0n) is 17.8. The lowest BCUT2D eigenvalue weighted by Crippen LogP contribution is -2.42. The fraction of sp³-hybridized carbons (Fsp3) is 0.375. The van der Waals surface area contributed by atoms with Crippen LogP contribution >= 0.6 is 12.2 Å². The van der Waals surface area contributed by atoms with E-state index in [4.69, 9.17) is 12.2 Å². The highest BCUT2D eigenvalue weighted by Crippen LogP contribution is 2.15. The van der Waals surface area contributed by atoms with Gasteiger partial charge in [-0.3, -0.25) is 19.1 Å². The maximum Gasteiger partial charge on any atom is 0.262 e. The van der Waals surface area contributed by atoms with E-state index < -0.39 is 0 Å². The molecule has 31 heavy (non-hydrogen) atoms. The number of carbonyl (C=O) groups is 1. The van der Waals surface area contributed by atoms with Crippen LogP contribution in [-0.2, 0) is 6.54 Å². The van der Waals surface area contributed by atoms with Gasteiger partial charge in [0.1, 0.15) is 0 Å². The predicted octanol–water partition coefficient (Wildman–Crippen LogP) is 3.71.